The lowest BCUT2D eigenvalue weighted by Gasteiger charge is -2.22. The molecule has 2 aliphatic rings. The molecular weight excluding hydrogens is 308 g/mol. The van der Waals surface area contributed by atoms with Gasteiger partial charge < -0.3 is 19.7 Å². The summed E-state index contributed by atoms with van der Waals surface area (Å²) >= 11 is 0. The molecule has 2 fully saturated rings. The molecule has 6 nitrogen and oxygen atoms in total. The first kappa shape index (κ1) is 16.9. The molecule has 2 amide bonds. The summed E-state index contributed by atoms with van der Waals surface area (Å²) in [7, 11) is 1.60. The Morgan fingerprint density at radius 1 is 1.33 bits per heavy atom. The van der Waals surface area contributed by atoms with Crippen LogP contribution in [0.4, 0.5) is 0 Å². The summed E-state index contributed by atoms with van der Waals surface area (Å²) in [6.45, 7) is 1.98. The number of ether oxygens (including phenoxy) is 2. The molecule has 0 unspecified atom stereocenters. The molecule has 0 radical (unpaired) electrons. The van der Waals surface area contributed by atoms with Gasteiger partial charge >= 0.3 is 0 Å². The molecule has 0 aliphatic carbocycles. The van der Waals surface area contributed by atoms with Crippen molar-refractivity contribution in [3.05, 3.63) is 35.9 Å². The molecule has 2 saturated heterocycles. The van der Waals surface area contributed by atoms with Crippen LogP contribution in [0.15, 0.2) is 30.3 Å². The van der Waals surface area contributed by atoms with Crippen LogP contribution in [0.1, 0.15) is 12.0 Å². The number of benzene rings is 1. The normalized spacial score (nSPS) is 25.5. The molecule has 24 heavy (non-hydrogen) atoms. The molecule has 3 rings (SSSR count). The zero-order valence-corrected chi connectivity index (χ0v) is 13.9. The van der Waals surface area contributed by atoms with Gasteiger partial charge in [-0.25, -0.2) is 0 Å². The van der Waals surface area contributed by atoms with Gasteiger partial charge in [-0.1, -0.05) is 30.3 Å². The van der Waals surface area contributed by atoms with Crippen molar-refractivity contribution in [1.82, 2.24) is 10.2 Å². The number of carbonyl (C=O) groups excluding carboxylic acids is 2. The Morgan fingerprint density at radius 2 is 2.12 bits per heavy atom. The monoisotopic (exact) mass is 332 g/mol. The fraction of sp³-hybridized carbons (Fsp3) is 0.556. The van der Waals surface area contributed by atoms with E-state index < -0.39 is 0 Å². The predicted molar refractivity (Wildman–Crippen MR) is 88.4 cm³/mol. The van der Waals surface area contributed by atoms with Gasteiger partial charge in [-0.3, -0.25) is 9.59 Å². The number of nitrogens with one attached hydrogen (secondary N) is 1. The quantitative estimate of drug-likeness (QED) is 0.775. The van der Waals surface area contributed by atoms with E-state index in [-0.39, 0.29) is 29.9 Å². The summed E-state index contributed by atoms with van der Waals surface area (Å²) in [5, 5.41) is 2.87. The van der Waals surface area contributed by atoms with Gasteiger partial charge in [-0.2, -0.15) is 0 Å². The Bertz CT molecular complexity index is 578. The fourth-order valence-corrected chi connectivity index (χ4v) is 3.57. The fourth-order valence-electron chi connectivity index (χ4n) is 3.57. The van der Waals surface area contributed by atoms with E-state index in [1.165, 1.54) is 0 Å². The summed E-state index contributed by atoms with van der Waals surface area (Å²) in [4.78, 5) is 26.9. The number of likely N-dealkylation sites (tertiary alicyclic amines) is 1. The van der Waals surface area contributed by atoms with Crippen molar-refractivity contribution in [2.24, 2.45) is 5.92 Å². The van der Waals surface area contributed by atoms with Gasteiger partial charge in [0.1, 0.15) is 0 Å². The first-order valence-corrected chi connectivity index (χ1v) is 8.42. The molecule has 1 aromatic rings. The minimum absolute atomic E-state index is 0.0133. The molecule has 2 heterocycles. The lowest BCUT2D eigenvalue weighted by atomic mass is 10.0. The number of amides is 2. The molecule has 1 N–H and O–H groups in total. The summed E-state index contributed by atoms with van der Waals surface area (Å²) in [6, 6.07) is 9.71. The van der Waals surface area contributed by atoms with Crippen LogP contribution in [-0.2, 0) is 25.5 Å². The van der Waals surface area contributed by atoms with Crippen LogP contribution in [0, 0.1) is 5.92 Å². The Kier molecular flexibility index (Phi) is 5.48. The second kappa shape index (κ2) is 7.77. The number of rotatable bonds is 6. The number of hydrogen-bond acceptors (Lipinski definition) is 4. The molecule has 0 aromatic heterocycles. The molecule has 0 saturated carbocycles. The zero-order valence-electron chi connectivity index (χ0n) is 13.9. The van der Waals surface area contributed by atoms with Crippen molar-refractivity contribution in [2.75, 3.05) is 33.4 Å². The van der Waals surface area contributed by atoms with E-state index in [1.54, 1.807) is 7.11 Å². The molecule has 0 spiro atoms. The van der Waals surface area contributed by atoms with E-state index in [4.69, 9.17) is 9.47 Å². The molecule has 3 atom stereocenters. The SMILES string of the molecule is COCCNC(=O)[C@H]1CN(C(=O)Cc2ccccc2)[C@@H]2CCO[C@H]12. The topological polar surface area (TPSA) is 67.9 Å². The van der Waals surface area contributed by atoms with Crippen molar-refractivity contribution in [1.29, 1.82) is 0 Å². The first-order chi connectivity index (χ1) is 11.7. The minimum Gasteiger partial charge on any atom is -0.383 e. The molecular formula is C18H24N2O4. The van der Waals surface area contributed by atoms with E-state index in [2.05, 4.69) is 5.32 Å². The van der Waals surface area contributed by atoms with Crippen LogP contribution in [-0.4, -0.2) is 62.3 Å². The minimum atomic E-state index is -0.297. The van der Waals surface area contributed by atoms with Crippen molar-refractivity contribution in [3.63, 3.8) is 0 Å². The van der Waals surface area contributed by atoms with Gasteiger partial charge in [0.25, 0.3) is 0 Å². The third-order valence-electron chi connectivity index (χ3n) is 4.75. The smallest absolute Gasteiger partial charge is 0.227 e. The molecule has 6 heteroatoms. The van der Waals surface area contributed by atoms with E-state index in [1.807, 2.05) is 35.2 Å². The summed E-state index contributed by atoms with van der Waals surface area (Å²) in [5.74, 6) is -0.290. The van der Waals surface area contributed by atoms with Crippen LogP contribution < -0.4 is 5.32 Å². The maximum Gasteiger partial charge on any atom is 0.227 e. The Hall–Kier alpha value is -1.92. The number of methoxy groups -OCH3 is 1. The average molecular weight is 332 g/mol. The predicted octanol–water partition coefficient (Wildman–Crippen LogP) is 0.608. The molecule has 1 aromatic carbocycles. The second-order valence-corrected chi connectivity index (χ2v) is 6.29. The van der Waals surface area contributed by atoms with Gasteiger partial charge in [0.15, 0.2) is 0 Å². The van der Waals surface area contributed by atoms with Crippen LogP contribution >= 0.6 is 0 Å². The van der Waals surface area contributed by atoms with Crippen molar-refractivity contribution >= 4 is 11.8 Å². The highest BCUT2D eigenvalue weighted by atomic mass is 16.5. The second-order valence-electron chi connectivity index (χ2n) is 6.29. The average Bonchev–Trinajstić information content (AvgIpc) is 3.18. The third-order valence-corrected chi connectivity index (χ3v) is 4.75. The van der Waals surface area contributed by atoms with Gasteiger partial charge in [0.05, 0.1) is 31.1 Å². The highest BCUT2D eigenvalue weighted by Gasteiger charge is 2.50. The van der Waals surface area contributed by atoms with E-state index in [0.717, 1.165) is 12.0 Å². The highest BCUT2D eigenvalue weighted by Crippen LogP contribution is 2.34. The summed E-state index contributed by atoms with van der Waals surface area (Å²) in [6.07, 6.45) is 0.974. The van der Waals surface area contributed by atoms with Gasteiger partial charge in [0.2, 0.25) is 11.8 Å². The highest BCUT2D eigenvalue weighted by molar-refractivity contribution is 5.84. The maximum atomic E-state index is 12.7. The van der Waals surface area contributed by atoms with Crippen molar-refractivity contribution < 1.29 is 19.1 Å². The lowest BCUT2D eigenvalue weighted by molar-refractivity contribution is -0.131. The largest absolute Gasteiger partial charge is 0.383 e. The number of fused-ring (bicyclic) bond motifs is 1. The number of nitrogens with zero attached hydrogens (tertiary/aromatic N) is 1. The van der Waals surface area contributed by atoms with E-state index in [0.29, 0.717) is 32.7 Å². The van der Waals surface area contributed by atoms with Crippen molar-refractivity contribution in [3.8, 4) is 0 Å². The van der Waals surface area contributed by atoms with E-state index in [9.17, 15) is 9.59 Å². The third kappa shape index (κ3) is 3.60. The molecule has 2 aliphatic heterocycles. The van der Waals surface area contributed by atoms with Crippen LogP contribution in [0.5, 0.6) is 0 Å². The summed E-state index contributed by atoms with van der Waals surface area (Å²) in [5.41, 5.74) is 0.992. The van der Waals surface area contributed by atoms with Gasteiger partial charge in [-0.15, -0.1) is 0 Å². The summed E-state index contributed by atoms with van der Waals surface area (Å²) < 4.78 is 10.7. The molecule has 130 valence electrons. The number of hydrogen-bond donors (Lipinski definition) is 1. The Balaban J connectivity index is 1.64. The van der Waals surface area contributed by atoms with E-state index >= 15 is 0 Å². The van der Waals surface area contributed by atoms with Crippen molar-refractivity contribution in [2.45, 2.75) is 25.0 Å². The first-order valence-electron chi connectivity index (χ1n) is 8.42. The standard InChI is InChI=1S/C18H24N2O4/c1-23-10-8-19-18(22)14-12-20(15-7-9-24-17(14)15)16(21)11-13-5-3-2-4-6-13/h2-6,14-15,17H,7-12H2,1H3,(H,19,22)/t14-,15+,17+/m0/s1. The van der Waals surface area contributed by atoms with Crippen LogP contribution in [0.3, 0.4) is 0 Å². The Labute approximate surface area is 142 Å². The van der Waals surface area contributed by atoms with Gasteiger partial charge in [0, 0.05) is 26.8 Å². The maximum absolute atomic E-state index is 12.7. The number of carbonyl (C=O) groups is 2. The van der Waals surface area contributed by atoms with Crippen LogP contribution in [0.2, 0.25) is 0 Å². The Morgan fingerprint density at radius 3 is 2.88 bits per heavy atom. The van der Waals surface area contributed by atoms with Crippen LogP contribution in [0.25, 0.3) is 0 Å². The lowest BCUT2D eigenvalue weighted by Crippen LogP contribution is -2.39. The van der Waals surface area contributed by atoms with Gasteiger partial charge in [-0.05, 0) is 12.0 Å². The molecule has 0 bridgehead atoms. The zero-order chi connectivity index (χ0) is 16.9.